The maximum atomic E-state index is 12.1. The molecule has 0 aliphatic heterocycles. The molecule has 3 unspecified atom stereocenters. The number of nitrogens with zero attached hydrogens (tertiary/aromatic N) is 1. The van der Waals surface area contributed by atoms with Crippen LogP contribution in [0.3, 0.4) is 0 Å². The Hall–Kier alpha value is -0.900. The molecule has 2 fully saturated rings. The summed E-state index contributed by atoms with van der Waals surface area (Å²) >= 11 is 3.41. The van der Waals surface area contributed by atoms with Crippen molar-refractivity contribution in [1.29, 1.82) is 0 Å². The number of carbonyl (C=O) groups is 1. The number of pyridine rings is 1. The van der Waals surface area contributed by atoms with Crippen LogP contribution >= 0.6 is 15.9 Å². The Balaban J connectivity index is 1.57. The van der Waals surface area contributed by atoms with Gasteiger partial charge >= 0.3 is 0 Å². The number of fused-ring (bicyclic) bond motifs is 2. The monoisotopic (exact) mass is 322 g/mol. The van der Waals surface area contributed by atoms with E-state index in [4.69, 9.17) is 0 Å². The van der Waals surface area contributed by atoms with E-state index in [1.165, 1.54) is 25.7 Å². The van der Waals surface area contributed by atoms with Gasteiger partial charge in [0, 0.05) is 17.1 Å². The van der Waals surface area contributed by atoms with E-state index < -0.39 is 0 Å². The molecule has 3 nitrogen and oxygen atoms in total. The molecule has 1 aromatic heterocycles. The SMILES string of the molecule is Cc1cc(NC(=O)CC2CC3CCC2C3)ncc1Br. The molecule has 1 N–H and O–H groups in total. The molecule has 0 radical (unpaired) electrons. The normalized spacial score (nSPS) is 28.6. The Morgan fingerprint density at radius 3 is 2.95 bits per heavy atom. The van der Waals surface area contributed by atoms with Gasteiger partial charge in [-0.05, 0) is 71.5 Å². The van der Waals surface area contributed by atoms with Crippen molar-refractivity contribution in [3.05, 3.63) is 22.3 Å². The molecule has 1 amide bonds. The molecule has 0 aromatic carbocycles. The molecule has 0 spiro atoms. The van der Waals surface area contributed by atoms with Gasteiger partial charge in [0.25, 0.3) is 0 Å². The molecular formula is C15H19BrN2O. The van der Waals surface area contributed by atoms with Crippen LogP contribution in [0, 0.1) is 24.7 Å². The molecule has 1 aromatic rings. The fraction of sp³-hybridized carbons (Fsp3) is 0.600. The van der Waals surface area contributed by atoms with Crippen molar-refractivity contribution >= 4 is 27.7 Å². The molecule has 3 atom stereocenters. The highest BCUT2D eigenvalue weighted by Crippen LogP contribution is 2.49. The summed E-state index contributed by atoms with van der Waals surface area (Å²) in [4.78, 5) is 16.3. The number of carbonyl (C=O) groups excluding carboxylic acids is 1. The second kappa shape index (κ2) is 5.23. The topological polar surface area (TPSA) is 42.0 Å². The minimum absolute atomic E-state index is 0.117. The third-order valence-corrected chi connectivity index (χ3v) is 5.48. The minimum Gasteiger partial charge on any atom is -0.311 e. The molecule has 2 aliphatic rings. The number of hydrogen-bond donors (Lipinski definition) is 1. The number of aryl methyl sites for hydroxylation is 1. The summed E-state index contributed by atoms with van der Waals surface area (Å²) in [5, 5.41) is 2.93. The van der Waals surface area contributed by atoms with Crippen molar-refractivity contribution in [2.24, 2.45) is 17.8 Å². The van der Waals surface area contributed by atoms with E-state index in [0.29, 0.717) is 18.2 Å². The van der Waals surface area contributed by atoms with Gasteiger partial charge in [0.2, 0.25) is 5.91 Å². The predicted molar refractivity (Wildman–Crippen MR) is 78.9 cm³/mol. The van der Waals surface area contributed by atoms with Crippen LogP contribution in [0.2, 0.25) is 0 Å². The van der Waals surface area contributed by atoms with Crippen LogP contribution in [0.4, 0.5) is 5.82 Å². The highest BCUT2D eigenvalue weighted by Gasteiger charge is 2.40. The number of hydrogen-bond acceptors (Lipinski definition) is 2. The molecule has 4 heteroatoms. The van der Waals surface area contributed by atoms with Gasteiger partial charge in [-0.2, -0.15) is 0 Å². The highest BCUT2D eigenvalue weighted by atomic mass is 79.9. The van der Waals surface area contributed by atoms with Gasteiger partial charge in [-0.15, -0.1) is 0 Å². The van der Waals surface area contributed by atoms with E-state index in [0.717, 1.165) is 21.9 Å². The first-order chi connectivity index (χ1) is 9.11. The van der Waals surface area contributed by atoms with Crippen LogP contribution in [0.25, 0.3) is 0 Å². The maximum Gasteiger partial charge on any atom is 0.225 e. The van der Waals surface area contributed by atoms with Gasteiger partial charge in [-0.1, -0.05) is 6.42 Å². The second-order valence-corrected chi connectivity index (χ2v) is 6.86. The fourth-order valence-electron chi connectivity index (χ4n) is 3.67. The van der Waals surface area contributed by atoms with E-state index in [9.17, 15) is 4.79 Å². The first-order valence-electron chi connectivity index (χ1n) is 7.04. The lowest BCUT2D eigenvalue weighted by Gasteiger charge is -2.20. The lowest BCUT2D eigenvalue weighted by molar-refractivity contribution is -0.117. The van der Waals surface area contributed by atoms with E-state index in [1.54, 1.807) is 6.20 Å². The lowest BCUT2D eigenvalue weighted by Crippen LogP contribution is -2.20. The van der Waals surface area contributed by atoms with E-state index in [1.807, 2.05) is 13.0 Å². The Kier molecular flexibility index (Phi) is 3.61. The van der Waals surface area contributed by atoms with Crippen molar-refractivity contribution in [3.8, 4) is 0 Å². The maximum absolute atomic E-state index is 12.1. The van der Waals surface area contributed by atoms with Gasteiger partial charge in [0.05, 0.1) is 0 Å². The van der Waals surface area contributed by atoms with E-state index in [2.05, 4.69) is 26.2 Å². The summed E-state index contributed by atoms with van der Waals surface area (Å²) in [5.74, 6) is 3.09. The molecule has 19 heavy (non-hydrogen) atoms. The quantitative estimate of drug-likeness (QED) is 0.916. The summed E-state index contributed by atoms with van der Waals surface area (Å²) in [7, 11) is 0. The van der Waals surface area contributed by atoms with Crippen molar-refractivity contribution in [1.82, 2.24) is 4.98 Å². The van der Waals surface area contributed by atoms with Gasteiger partial charge in [0.1, 0.15) is 5.82 Å². The Bertz CT molecular complexity index is 503. The zero-order valence-electron chi connectivity index (χ0n) is 11.2. The zero-order valence-corrected chi connectivity index (χ0v) is 12.7. The number of halogens is 1. The number of rotatable bonds is 3. The first-order valence-corrected chi connectivity index (χ1v) is 7.83. The smallest absolute Gasteiger partial charge is 0.225 e. The van der Waals surface area contributed by atoms with Crippen LogP contribution in [0.15, 0.2) is 16.7 Å². The van der Waals surface area contributed by atoms with Gasteiger partial charge in [-0.3, -0.25) is 4.79 Å². The van der Waals surface area contributed by atoms with Gasteiger partial charge < -0.3 is 5.32 Å². The second-order valence-electron chi connectivity index (χ2n) is 6.01. The van der Waals surface area contributed by atoms with Crippen molar-refractivity contribution in [2.75, 3.05) is 5.32 Å². The third kappa shape index (κ3) is 2.83. The summed E-state index contributed by atoms with van der Waals surface area (Å²) in [6, 6.07) is 1.91. The van der Waals surface area contributed by atoms with E-state index in [-0.39, 0.29) is 5.91 Å². The number of amides is 1. The van der Waals surface area contributed by atoms with Crippen LogP contribution in [0.5, 0.6) is 0 Å². The summed E-state index contributed by atoms with van der Waals surface area (Å²) in [5.41, 5.74) is 1.09. The molecule has 1 heterocycles. The standard InChI is InChI=1S/C15H19BrN2O/c1-9-4-14(17-8-13(9)16)18-15(19)7-12-6-10-2-3-11(12)5-10/h4,8,10-12H,2-3,5-7H2,1H3,(H,17,18,19). The Morgan fingerprint density at radius 1 is 1.47 bits per heavy atom. The molecule has 3 rings (SSSR count). The number of aromatic nitrogens is 1. The number of nitrogens with one attached hydrogen (secondary N) is 1. The van der Waals surface area contributed by atoms with Crippen molar-refractivity contribution < 1.29 is 4.79 Å². The summed E-state index contributed by atoms with van der Waals surface area (Å²) in [6.45, 7) is 2.00. The van der Waals surface area contributed by atoms with E-state index >= 15 is 0 Å². The van der Waals surface area contributed by atoms with Crippen LogP contribution < -0.4 is 5.32 Å². The third-order valence-electron chi connectivity index (χ3n) is 4.65. The van der Waals surface area contributed by atoms with Gasteiger partial charge in [0.15, 0.2) is 0 Å². The molecule has 2 aliphatic carbocycles. The molecular weight excluding hydrogens is 304 g/mol. The van der Waals surface area contributed by atoms with Crippen LogP contribution in [0.1, 0.15) is 37.7 Å². The fourth-order valence-corrected chi connectivity index (χ4v) is 3.88. The minimum atomic E-state index is 0.117. The van der Waals surface area contributed by atoms with Crippen LogP contribution in [-0.4, -0.2) is 10.9 Å². The van der Waals surface area contributed by atoms with Crippen molar-refractivity contribution in [2.45, 2.75) is 39.0 Å². The first kappa shape index (κ1) is 13.1. The predicted octanol–water partition coefficient (Wildman–Crippen LogP) is 3.92. The number of anilines is 1. The lowest BCUT2D eigenvalue weighted by atomic mass is 9.86. The Morgan fingerprint density at radius 2 is 2.32 bits per heavy atom. The average molecular weight is 323 g/mol. The summed E-state index contributed by atoms with van der Waals surface area (Å²) in [6.07, 6.45) is 7.73. The molecule has 102 valence electrons. The molecule has 2 bridgehead atoms. The Labute approximate surface area is 122 Å². The van der Waals surface area contributed by atoms with Crippen LogP contribution in [-0.2, 0) is 4.79 Å². The molecule has 0 saturated heterocycles. The largest absolute Gasteiger partial charge is 0.311 e. The highest BCUT2D eigenvalue weighted by molar-refractivity contribution is 9.10. The van der Waals surface area contributed by atoms with Crippen molar-refractivity contribution in [3.63, 3.8) is 0 Å². The zero-order chi connectivity index (χ0) is 13.4. The molecule has 2 saturated carbocycles. The summed E-state index contributed by atoms with van der Waals surface area (Å²) < 4.78 is 0.971. The average Bonchev–Trinajstić information content (AvgIpc) is 2.96. The van der Waals surface area contributed by atoms with Gasteiger partial charge in [-0.25, -0.2) is 4.98 Å².